The average molecular weight is 417 g/mol. The summed E-state index contributed by atoms with van der Waals surface area (Å²) in [7, 11) is 0. The minimum absolute atomic E-state index is 0.0282. The number of hydrogen-bond donors (Lipinski definition) is 0. The lowest BCUT2D eigenvalue weighted by Gasteiger charge is -2.48. The van der Waals surface area contributed by atoms with E-state index in [2.05, 4.69) is 33.9 Å². The van der Waals surface area contributed by atoms with Gasteiger partial charge in [-0.15, -0.1) is 13.2 Å². The topological polar surface area (TPSA) is 29.5 Å². The first-order valence-electron chi connectivity index (χ1n) is 10.5. The fourth-order valence-corrected chi connectivity index (χ4v) is 4.99. The third kappa shape index (κ3) is 5.22. The van der Waals surface area contributed by atoms with Crippen molar-refractivity contribution in [3.05, 3.63) is 65.7 Å². The van der Waals surface area contributed by atoms with Crippen molar-refractivity contribution in [3.8, 4) is 5.75 Å². The molecule has 0 spiro atoms. The van der Waals surface area contributed by atoms with E-state index in [1.165, 1.54) is 30.2 Å². The summed E-state index contributed by atoms with van der Waals surface area (Å²) in [5.41, 5.74) is 1.86. The Morgan fingerprint density at radius 3 is 2.30 bits per heavy atom. The van der Waals surface area contributed by atoms with Crippen LogP contribution in [-0.2, 0) is 17.8 Å². The van der Waals surface area contributed by atoms with Crippen LogP contribution in [0, 0.1) is 5.92 Å². The Bertz CT molecular complexity index is 854. The van der Waals surface area contributed by atoms with E-state index in [0.29, 0.717) is 17.6 Å². The average Bonchev–Trinajstić information content (AvgIpc) is 2.67. The normalized spacial score (nSPS) is 24.4. The monoisotopic (exact) mass is 417 g/mol. The van der Waals surface area contributed by atoms with Crippen molar-refractivity contribution in [2.75, 3.05) is 0 Å². The number of piperidine rings is 2. The van der Waals surface area contributed by atoms with Gasteiger partial charge < -0.3 is 4.74 Å². The molecule has 2 heterocycles. The van der Waals surface area contributed by atoms with Crippen LogP contribution in [0.2, 0.25) is 0 Å². The molecule has 160 valence electrons. The fraction of sp³-hybridized carbons (Fsp3) is 0.458. The van der Waals surface area contributed by atoms with Crippen molar-refractivity contribution in [2.24, 2.45) is 5.92 Å². The number of carbonyl (C=O) groups is 1. The van der Waals surface area contributed by atoms with Crippen LogP contribution < -0.4 is 4.74 Å². The van der Waals surface area contributed by atoms with Crippen LogP contribution in [0.15, 0.2) is 54.6 Å². The number of nitrogens with zero attached hydrogens (tertiary/aromatic N) is 1. The highest BCUT2D eigenvalue weighted by Crippen LogP contribution is 2.38. The highest BCUT2D eigenvalue weighted by atomic mass is 19.4. The Morgan fingerprint density at radius 2 is 1.63 bits per heavy atom. The number of fused-ring (bicyclic) bond motifs is 2. The molecule has 6 heteroatoms. The first kappa shape index (κ1) is 20.9. The van der Waals surface area contributed by atoms with E-state index in [4.69, 9.17) is 0 Å². The van der Waals surface area contributed by atoms with Crippen LogP contribution in [-0.4, -0.2) is 29.1 Å². The van der Waals surface area contributed by atoms with Gasteiger partial charge in [0.25, 0.3) is 0 Å². The summed E-state index contributed by atoms with van der Waals surface area (Å²) in [6.07, 6.45) is 0.480. The number of ketones is 1. The molecule has 2 atom stereocenters. The lowest BCUT2D eigenvalue weighted by Crippen LogP contribution is -2.52. The summed E-state index contributed by atoms with van der Waals surface area (Å²) < 4.78 is 41.4. The molecule has 2 unspecified atom stereocenters. The van der Waals surface area contributed by atoms with Gasteiger partial charge in [-0.05, 0) is 48.9 Å². The molecule has 2 bridgehead atoms. The molecular formula is C24H26F3NO2. The van der Waals surface area contributed by atoms with Crippen molar-refractivity contribution < 1.29 is 22.7 Å². The van der Waals surface area contributed by atoms with Gasteiger partial charge in [0.05, 0.1) is 0 Å². The van der Waals surface area contributed by atoms with Crippen LogP contribution in [0.5, 0.6) is 5.75 Å². The zero-order valence-corrected chi connectivity index (χ0v) is 16.8. The molecule has 0 aliphatic carbocycles. The minimum atomic E-state index is -4.73. The molecule has 2 saturated heterocycles. The third-order valence-corrected chi connectivity index (χ3v) is 6.30. The summed E-state index contributed by atoms with van der Waals surface area (Å²) in [4.78, 5) is 15.5. The lowest BCUT2D eigenvalue weighted by atomic mass is 9.75. The van der Waals surface area contributed by atoms with Crippen LogP contribution in [0.3, 0.4) is 0 Å². The van der Waals surface area contributed by atoms with Crippen LogP contribution in [0.25, 0.3) is 0 Å². The summed E-state index contributed by atoms with van der Waals surface area (Å²) in [5.74, 6) is -0.183. The Labute approximate surface area is 174 Å². The van der Waals surface area contributed by atoms with Crippen LogP contribution in [0.1, 0.15) is 43.2 Å². The highest BCUT2D eigenvalue weighted by molar-refractivity contribution is 5.83. The second-order valence-electron chi connectivity index (χ2n) is 8.40. The number of Topliss-reactive ketones (excluding diaryl/α,β-unsaturated/α-hetero) is 1. The van der Waals surface area contributed by atoms with Gasteiger partial charge in [0.1, 0.15) is 11.5 Å². The molecule has 3 nitrogen and oxygen atoms in total. The second-order valence-corrected chi connectivity index (χ2v) is 8.40. The zero-order chi connectivity index (χ0) is 21.1. The molecule has 2 aliphatic rings. The molecule has 4 rings (SSSR count). The first-order valence-corrected chi connectivity index (χ1v) is 10.5. The molecule has 0 radical (unpaired) electrons. The standard InChI is InChI=1S/C24H26F3NO2/c25-24(26,27)30-22-11-4-8-18(12-22)13-23(29)19-14-20-9-5-10-21(15-19)28(20)16-17-6-2-1-3-7-17/h1-4,6-8,11-12,19-21H,5,9-10,13-16H2. The zero-order valence-electron chi connectivity index (χ0n) is 16.8. The molecule has 2 fully saturated rings. The van der Waals surface area contributed by atoms with Gasteiger partial charge in [-0.1, -0.05) is 48.9 Å². The molecule has 0 saturated carbocycles. The maximum absolute atomic E-state index is 13.0. The van der Waals surface area contributed by atoms with Gasteiger partial charge in [-0.25, -0.2) is 0 Å². The van der Waals surface area contributed by atoms with Gasteiger partial charge in [-0.3, -0.25) is 9.69 Å². The quantitative estimate of drug-likeness (QED) is 0.619. The molecule has 0 aromatic heterocycles. The van der Waals surface area contributed by atoms with Gasteiger partial charge in [0, 0.05) is 31.0 Å². The van der Waals surface area contributed by atoms with E-state index in [1.807, 2.05) is 6.07 Å². The maximum atomic E-state index is 13.0. The molecule has 0 N–H and O–H groups in total. The first-order chi connectivity index (χ1) is 14.4. The molecule has 0 amide bonds. The molecule has 30 heavy (non-hydrogen) atoms. The number of carbonyl (C=O) groups excluding carboxylic acids is 1. The van der Waals surface area contributed by atoms with Crippen molar-refractivity contribution >= 4 is 5.78 Å². The molecular weight excluding hydrogens is 391 g/mol. The Morgan fingerprint density at radius 1 is 0.967 bits per heavy atom. The number of halogens is 3. The molecule has 2 aliphatic heterocycles. The van der Waals surface area contributed by atoms with E-state index in [-0.39, 0.29) is 23.9 Å². The van der Waals surface area contributed by atoms with Crippen molar-refractivity contribution in [1.29, 1.82) is 0 Å². The second kappa shape index (κ2) is 8.80. The van der Waals surface area contributed by atoms with Crippen LogP contribution in [0.4, 0.5) is 13.2 Å². The Balaban J connectivity index is 1.40. The Kier molecular flexibility index (Phi) is 6.14. The summed E-state index contributed by atoms with van der Waals surface area (Å²) in [6, 6.07) is 17.0. The van der Waals surface area contributed by atoms with E-state index in [1.54, 1.807) is 6.07 Å². The number of rotatable bonds is 6. The maximum Gasteiger partial charge on any atom is 0.573 e. The predicted octanol–water partition coefficient (Wildman–Crippen LogP) is 5.53. The lowest BCUT2D eigenvalue weighted by molar-refractivity contribution is -0.274. The van der Waals surface area contributed by atoms with Crippen molar-refractivity contribution in [2.45, 2.75) is 63.5 Å². The third-order valence-electron chi connectivity index (χ3n) is 6.30. The van der Waals surface area contributed by atoms with Gasteiger partial charge in [0.15, 0.2) is 0 Å². The van der Waals surface area contributed by atoms with Gasteiger partial charge in [0.2, 0.25) is 0 Å². The van der Waals surface area contributed by atoms with E-state index >= 15 is 0 Å². The van der Waals surface area contributed by atoms with Crippen molar-refractivity contribution in [1.82, 2.24) is 4.90 Å². The number of hydrogen-bond acceptors (Lipinski definition) is 3. The van der Waals surface area contributed by atoms with E-state index < -0.39 is 6.36 Å². The number of ether oxygens (including phenoxy) is 1. The highest BCUT2D eigenvalue weighted by Gasteiger charge is 2.40. The number of benzene rings is 2. The summed E-state index contributed by atoms with van der Waals surface area (Å²) in [6.45, 7) is 0.911. The largest absolute Gasteiger partial charge is 0.573 e. The molecule has 2 aromatic rings. The number of alkyl halides is 3. The predicted molar refractivity (Wildman–Crippen MR) is 108 cm³/mol. The Hall–Kier alpha value is -2.34. The molecule has 2 aromatic carbocycles. The van der Waals surface area contributed by atoms with E-state index in [9.17, 15) is 18.0 Å². The van der Waals surface area contributed by atoms with Crippen LogP contribution >= 0.6 is 0 Å². The SMILES string of the molecule is O=C(Cc1cccc(OC(F)(F)F)c1)C1CC2CCCC(C1)N2Cc1ccccc1. The summed E-state index contributed by atoms with van der Waals surface area (Å²) >= 11 is 0. The van der Waals surface area contributed by atoms with Gasteiger partial charge >= 0.3 is 6.36 Å². The van der Waals surface area contributed by atoms with E-state index in [0.717, 1.165) is 32.2 Å². The summed E-state index contributed by atoms with van der Waals surface area (Å²) in [5, 5.41) is 0. The van der Waals surface area contributed by atoms with Crippen molar-refractivity contribution in [3.63, 3.8) is 0 Å². The minimum Gasteiger partial charge on any atom is -0.406 e. The smallest absolute Gasteiger partial charge is 0.406 e. The fourth-order valence-electron chi connectivity index (χ4n) is 4.99. The van der Waals surface area contributed by atoms with Gasteiger partial charge in [-0.2, -0.15) is 0 Å².